The summed E-state index contributed by atoms with van der Waals surface area (Å²) in [5, 5.41) is 7.89. The predicted octanol–water partition coefficient (Wildman–Crippen LogP) is 3.83. The van der Waals surface area contributed by atoms with Crippen LogP contribution in [0.3, 0.4) is 0 Å². The quantitative estimate of drug-likeness (QED) is 0.710. The van der Waals surface area contributed by atoms with Crippen LogP contribution in [0.1, 0.15) is 17.7 Å². The van der Waals surface area contributed by atoms with Gasteiger partial charge in [-0.25, -0.2) is 18.4 Å². The predicted molar refractivity (Wildman–Crippen MR) is 79.9 cm³/mol. The summed E-state index contributed by atoms with van der Waals surface area (Å²) < 4.78 is 32.2. The highest BCUT2D eigenvalue weighted by atomic mass is 35.5. The van der Waals surface area contributed by atoms with Crippen LogP contribution in [0.25, 0.3) is 5.69 Å². The minimum Gasteiger partial charge on any atom is -0.471 e. The first-order valence-corrected chi connectivity index (χ1v) is 7.05. The molecule has 0 fully saturated rings. The number of ether oxygens (including phenoxy) is 1. The Morgan fingerprint density at radius 2 is 1.91 bits per heavy atom. The molecule has 3 aromatic rings. The molecule has 0 aliphatic carbocycles. The summed E-state index contributed by atoms with van der Waals surface area (Å²) >= 11 is 6.03. The molecule has 2 aromatic heterocycles. The molecule has 8 heteroatoms. The van der Waals surface area contributed by atoms with E-state index in [1.807, 2.05) is 0 Å². The maximum atomic E-state index is 12.6. The number of benzene rings is 1. The van der Waals surface area contributed by atoms with E-state index < -0.39 is 6.43 Å². The third-order valence-corrected chi connectivity index (χ3v) is 3.39. The Bertz CT molecular complexity index is 778. The number of hydrogen-bond acceptors (Lipinski definition) is 4. The summed E-state index contributed by atoms with van der Waals surface area (Å²) in [6, 6.07) is 11.0. The fourth-order valence-corrected chi connectivity index (χ4v) is 2.12. The van der Waals surface area contributed by atoms with Crippen LogP contribution in [0.5, 0.6) is 5.88 Å². The lowest BCUT2D eigenvalue weighted by Gasteiger charge is -2.08. The zero-order valence-corrected chi connectivity index (χ0v) is 12.5. The van der Waals surface area contributed by atoms with E-state index in [1.54, 1.807) is 24.4 Å². The van der Waals surface area contributed by atoms with Gasteiger partial charge in [-0.15, -0.1) is 5.10 Å². The lowest BCUT2D eigenvalue weighted by molar-refractivity contribution is 0.151. The maximum Gasteiger partial charge on any atom is 0.263 e. The second-order valence-corrected chi connectivity index (χ2v) is 4.95. The Kier molecular flexibility index (Phi) is 4.47. The molecule has 0 N–H and O–H groups in total. The van der Waals surface area contributed by atoms with Gasteiger partial charge in [0.25, 0.3) is 6.43 Å². The van der Waals surface area contributed by atoms with Crippen LogP contribution < -0.4 is 4.74 Å². The Labute approximate surface area is 135 Å². The van der Waals surface area contributed by atoms with Gasteiger partial charge in [-0.1, -0.05) is 35.0 Å². The van der Waals surface area contributed by atoms with Crippen molar-refractivity contribution in [1.29, 1.82) is 0 Å². The topological polar surface area (TPSA) is 52.8 Å². The van der Waals surface area contributed by atoms with E-state index in [-0.39, 0.29) is 17.3 Å². The van der Waals surface area contributed by atoms with Gasteiger partial charge >= 0.3 is 0 Å². The number of pyridine rings is 1. The van der Waals surface area contributed by atoms with Crippen molar-refractivity contribution in [2.45, 2.75) is 13.0 Å². The molecule has 2 heterocycles. The first-order valence-electron chi connectivity index (χ1n) is 6.67. The van der Waals surface area contributed by atoms with E-state index in [1.165, 1.54) is 28.9 Å². The van der Waals surface area contributed by atoms with Crippen LogP contribution in [0.15, 0.2) is 48.7 Å². The number of halogens is 3. The van der Waals surface area contributed by atoms with Crippen LogP contribution >= 0.6 is 11.6 Å². The lowest BCUT2D eigenvalue weighted by Crippen LogP contribution is -2.07. The molecule has 0 saturated heterocycles. The van der Waals surface area contributed by atoms with E-state index in [0.29, 0.717) is 17.3 Å². The third kappa shape index (κ3) is 3.45. The van der Waals surface area contributed by atoms with Crippen molar-refractivity contribution in [2.24, 2.45) is 0 Å². The largest absolute Gasteiger partial charge is 0.471 e. The smallest absolute Gasteiger partial charge is 0.263 e. The van der Waals surface area contributed by atoms with Crippen molar-refractivity contribution in [3.05, 3.63) is 65.1 Å². The summed E-state index contributed by atoms with van der Waals surface area (Å²) in [6.07, 6.45) is -0.912. The van der Waals surface area contributed by atoms with E-state index in [4.69, 9.17) is 16.3 Å². The maximum absolute atomic E-state index is 12.6. The number of rotatable bonds is 5. The van der Waals surface area contributed by atoms with Gasteiger partial charge < -0.3 is 4.74 Å². The van der Waals surface area contributed by atoms with Crippen LogP contribution in [-0.2, 0) is 6.61 Å². The summed E-state index contributed by atoms with van der Waals surface area (Å²) in [5.41, 5.74) is 1.00. The molecule has 0 aliphatic rings. The number of aromatic nitrogens is 4. The number of hydrogen-bond donors (Lipinski definition) is 0. The van der Waals surface area contributed by atoms with Gasteiger partial charge in [0.2, 0.25) is 5.88 Å². The second kappa shape index (κ2) is 6.70. The van der Waals surface area contributed by atoms with Gasteiger partial charge in [0, 0.05) is 17.8 Å². The van der Waals surface area contributed by atoms with Gasteiger partial charge in [0.05, 0.1) is 5.69 Å². The fraction of sp³-hybridized carbons (Fsp3) is 0.133. The first-order chi connectivity index (χ1) is 11.1. The van der Waals surface area contributed by atoms with Gasteiger partial charge in [0.15, 0.2) is 5.15 Å². The van der Waals surface area contributed by atoms with E-state index in [9.17, 15) is 8.78 Å². The Balaban J connectivity index is 1.83. The molecule has 23 heavy (non-hydrogen) atoms. The highest BCUT2D eigenvalue weighted by molar-refractivity contribution is 6.30. The fourth-order valence-electron chi connectivity index (χ4n) is 1.95. The van der Waals surface area contributed by atoms with Gasteiger partial charge in [-0.05, 0) is 18.2 Å². The Morgan fingerprint density at radius 1 is 1.13 bits per heavy atom. The van der Waals surface area contributed by atoms with Crippen LogP contribution in [0.4, 0.5) is 8.78 Å². The average molecular weight is 337 g/mol. The van der Waals surface area contributed by atoms with E-state index in [2.05, 4.69) is 15.3 Å². The molecule has 3 rings (SSSR count). The number of alkyl halides is 2. The highest BCUT2D eigenvalue weighted by Gasteiger charge is 2.14. The highest BCUT2D eigenvalue weighted by Crippen LogP contribution is 2.22. The zero-order chi connectivity index (χ0) is 16.2. The van der Waals surface area contributed by atoms with Crippen molar-refractivity contribution in [3.8, 4) is 11.6 Å². The van der Waals surface area contributed by atoms with E-state index >= 15 is 0 Å². The van der Waals surface area contributed by atoms with Gasteiger partial charge in [-0.3, -0.25) is 0 Å². The molecule has 0 aliphatic heterocycles. The van der Waals surface area contributed by atoms with Crippen LogP contribution in [-0.4, -0.2) is 20.0 Å². The van der Waals surface area contributed by atoms with Crippen molar-refractivity contribution >= 4 is 11.6 Å². The molecule has 0 atom stereocenters. The molecule has 0 unspecified atom stereocenters. The van der Waals surface area contributed by atoms with E-state index in [0.717, 1.165) is 0 Å². The summed E-state index contributed by atoms with van der Waals surface area (Å²) in [7, 11) is 0. The monoisotopic (exact) mass is 336 g/mol. The van der Waals surface area contributed by atoms with Crippen molar-refractivity contribution in [2.75, 3.05) is 0 Å². The Hall–Kier alpha value is -2.54. The van der Waals surface area contributed by atoms with Crippen molar-refractivity contribution in [1.82, 2.24) is 20.0 Å². The summed E-state index contributed by atoms with van der Waals surface area (Å²) in [5.74, 6) is 0.435. The van der Waals surface area contributed by atoms with Gasteiger partial charge in [0.1, 0.15) is 12.3 Å². The molecular formula is C15H11ClF2N4O. The summed E-state index contributed by atoms with van der Waals surface area (Å²) in [6.45, 7) is 0.0967. The van der Waals surface area contributed by atoms with Crippen LogP contribution in [0.2, 0.25) is 5.15 Å². The van der Waals surface area contributed by atoms with Crippen molar-refractivity contribution < 1.29 is 13.5 Å². The molecule has 0 radical (unpaired) electrons. The molecular weight excluding hydrogens is 326 g/mol. The molecule has 118 valence electrons. The lowest BCUT2D eigenvalue weighted by atomic mass is 10.2. The van der Waals surface area contributed by atoms with Gasteiger partial charge in [-0.2, -0.15) is 0 Å². The summed E-state index contributed by atoms with van der Waals surface area (Å²) in [4.78, 5) is 4.04. The Morgan fingerprint density at radius 3 is 2.57 bits per heavy atom. The second-order valence-electron chi connectivity index (χ2n) is 4.59. The van der Waals surface area contributed by atoms with Crippen LogP contribution in [0, 0.1) is 0 Å². The SMILES string of the molecule is FC(F)c1ccc(-n2nnc(Cl)c2COc2ccccn2)cc1. The standard InChI is InChI=1S/C15H11ClF2N4O/c16-14-12(9-23-13-3-1-2-8-19-13)22(21-20-14)11-6-4-10(5-7-11)15(17)18/h1-8,15H,9H2. The molecule has 1 aromatic carbocycles. The molecule has 0 spiro atoms. The minimum atomic E-state index is -2.52. The number of nitrogens with zero attached hydrogens (tertiary/aromatic N) is 4. The molecule has 0 saturated carbocycles. The molecule has 0 amide bonds. The zero-order valence-electron chi connectivity index (χ0n) is 11.7. The van der Waals surface area contributed by atoms with Crippen molar-refractivity contribution in [3.63, 3.8) is 0 Å². The average Bonchev–Trinajstić information content (AvgIpc) is 2.95. The normalized spacial score (nSPS) is 11.0. The minimum absolute atomic E-state index is 0.0637. The molecule has 5 nitrogen and oxygen atoms in total. The third-order valence-electron chi connectivity index (χ3n) is 3.10. The first kappa shape index (κ1) is 15.4. The molecule has 0 bridgehead atoms.